The Kier molecular flexibility index (Phi) is 2.36. The van der Waals surface area contributed by atoms with Crippen LogP contribution in [-0.2, 0) is 4.74 Å². The lowest BCUT2D eigenvalue weighted by atomic mass is 10.1. The average Bonchev–Trinajstić information content (AvgIpc) is 2.19. The zero-order chi connectivity index (χ0) is 9.10. The molecule has 0 N–H and O–H groups in total. The van der Waals surface area contributed by atoms with Crippen LogP contribution in [0.15, 0.2) is 24.3 Å². The van der Waals surface area contributed by atoms with E-state index in [0.29, 0.717) is 13.2 Å². The number of hydrogen-bond donors (Lipinski definition) is 0. The fourth-order valence-corrected chi connectivity index (χ4v) is 1.35. The molecule has 13 heavy (non-hydrogen) atoms. The van der Waals surface area contributed by atoms with Gasteiger partial charge in [-0.3, -0.25) is 0 Å². The lowest BCUT2D eigenvalue weighted by Gasteiger charge is -2.12. The second-order valence-electron chi connectivity index (χ2n) is 2.90. The molecular weight excluding hydrogens is 169 g/mol. The summed E-state index contributed by atoms with van der Waals surface area (Å²) in [4.78, 5) is 3.81. The van der Waals surface area contributed by atoms with Crippen molar-refractivity contribution in [3.05, 3.63) is 35.9 Å². The van der Waals surface area contributed by atoms with Crippen LogP contribution in [0.4, 0.5) is 4.39 Å². The molecular formula is C10H10FNO. The van der Waals surface area contributed by atoms with Gasteiger partial charge in [0.2, 0.25) is 5.95 Å². The molecule has 0 atom stereocenters. The summed E-state index contributed by atoms with van der Waals surface area (Å²) < 4.78 is 17.9. The highest BCUT2D eigenvalue weighted by molar-refractivity contribution is 5.62. The van der Waals surface area contributed by atoms with Crippen molar-refractivity contribution >= 4 is 5.57 Å². The average molecular weight is 179 g/mol. The minimum Gasteiger partial charge on any atom is -0.377 e. The number of aromatic nitrogens is 1. The molecule has 0 radical (unpaired) electrons. The van der Waals surface area contributed by atoms with Crippen LogP contribution in [-0.4, -0.2) is 18.2 Å². The van der Waals surface area contributed by atoms with E-state index in [1.54, 1.807) is 6.07 Å². The van der Waals surface area contributed by atoms with Crippen molar-refractivity contribution in [3.8, 4) is 0 Å². The lowest BCUT2D eigenvalue weighted by Crippen LogP contribution is -2.05. The minimum atomic E-state index is -0.426. The van der Waals surface area contributed by atoms with Crippen molar-refractivity contribution in [1.82, 2.24) is 4.98 Å². The van der Waals surface area contributed by atoms with Crippen molar-refractivity contribution in [2.75, 3.05) is 13.2 Å². The summed E-state index contributed by atoms with van der Waals surface area (Å²) in [7, 11) is 0. The van der Waals surface area contributed by atoms with Gasteiger partial charge in [0.05, 0.1) is 18.9 Å². The number of ether oxygens (including phenoxy) is 1. The van der Waals surface area contributed by atoms with Gasteiger partial charge in [-0.2, -0.15) is 4.39 Å². The molecule has 0 aliphatic carbocycles. The smallest absolute Gasteiger partial charge is 0.213 e. The normalized spacial score (nSPS) is 16.8. The molecule has 0 bridgehead atoms. The molecule has 2 heterocycles. The summed E-state index contributed by atoms with van der Waals surface area (Å²) in [6, 6.07) is 4.84. The van der Waals surface area contributed by atoms with E-state index in [2.05, 4.69) is 4.98 Å². The maximum absolute atomic E-state index is 12.8. The van der Waals surface area contributed by atoms with Gasteiger partial charge >= 0.3 is 0 Å². The van der Waals surface area contributed by atoms with E-state index < -0.39 is 5.95 Å². The monoisotopic (exact) mass is 179 g/mol. The predicted octanol–water partition coefficient (Wildman–Crippen LogP) is 2.02. The van der Waals surface area contributed by atoms with Gasteiger partial charge in [0, 0.05) is 0 Å². The third-order valence-corrected chi connectivity index (χ3v) is 2.01. The van der Waals surface area contributed by atoms with E-state index in [-0.39, 0.29) is 0 Å². The Morgan fingerprint density at radius 2 is 2.31 bits per heavy atom. The molecule has 0 fully saturated rings. The molecule has 0 saturated heterocycles. The number of hydrogen-bond acceptors (Lipinski definition) is 2. The molecule has 2 rings (SSSR count). The van der Waals surface area contributed by atoms with Crippen LogP contribution in [0.5, 0.6) is 0 Å². The predicted molar refractivity (Wildman–Crippen MR) is 47.6 cm³/mol. The number of pyridine rings is 1. The first kappa shape index (κ1) is 8.38. The Labute approximate surface area is 76.1 Å². The summed E-state index contributed by atoms with van der Waals surface area (Å²) in [6.07, 6.45) is 2.77. The van der Waals surface area contributed by atoms with Gasteiger partial charge in [0.1, 0.15) is 0 Å². The molecule has 68 valence electrons. The molecule has 1 aliphatic heterocycles. The fraction of sp³-hybridized carbons (Fsp3) is 0.300. The zero-order valence-corrected chi connectivity index (χ0v) is 7.16. The van der Waals surface area contributed by atoms with E-state index in [9.17, 15) is 4.39 Å². The first-order valence-electron chi connectivity index (χ1n) is 4.26. The lowest BCUT2D eigenvalue weighted by molar-refractivity contribution is 0.161. The standard InChI is InChI=1S/C10H10FNO/c11-10-3-1-2-9(12-10)8-4-6-13-7-5-8/h1-4H,5-7H2. The van der Waals surface area contributed by atoms with E-state index in [1.165, 1.54) is 6.07 Å². The molecule has 3 heteroatoms. The van der Waals surface area contributed by atoms with E-state index >= 15 is 0 Å². The summed E-state index contributed by atoms with van der Waals surface area (Å²) in [6.45, 7) is 1.30. The minimum absolute atomic E-state index is 0.426. The molecule has 1 aliphatic rings. The quantitative estimate of drug-likeness (QED) is 0.615. The van der Waals surface area contributed by atoms with Crippen LogP contribution in [0.3, 0.4) is 0 Å². The van der Waals surface area contributed by atoms with Crippen molar-refractivity contribution in [1.29, 1.82) is 0 Å². The number of halogens is 1. The van der Waals surface area contributed by atoms with Crippen LogP contribution < -0.4 is 0 Å². The van der Waals surface area contributed by atoms with Crippen LogP contribution in [0.25, 0.3) is 5.57 Å². The fourth-order valence-electron chi connectivity index (χ4n) is 1.35. The van der Waals surface area contributed by atoms with Gasteiger partial charge in [0.25, 0.3) is 0 Å². The third-order valence-electron chi connectivity index (χ3n) is 2.01. The Morgan fingerprint density at radius 3 is 3.00 bits per heavy atom. The van der Waals surface area contributed by atoms with Crippen molar-refractivity contribution in [3.63, 3.8) is 0 Å². The molecule has 0 saturated carbocycles. The molecule has 2 nitrogen and oxygen atoms in total. The zero-order valence-electron chi connectivity index (χ0n) is 7.16. The van der Waals surface area contributed by atoms with E-state index in [4.69, 9.17) is 4.74 Å². The third kappa shape index (κ3) is 1.92. The molecule has 0 amide bonds. The first-order chi connectivity index (χ1) is 6.36. The van der Waals surface area contributed by atoms with Crippen LogP contribution in [0.1, 0.15) is 12.1 Å². The Morgan fingerprint density at radius 1 is 1.38 bits per heavy atom. The summed E-state index contributed by atoms with van der Waals surface area (Å²) in [5, 5.41) is 0. The van der Waals surface area contributed by atoms with Gasteiger partial charge in [-0.05, 0) is 24.1 Å². The second-order valence-corrected chi connectivity index (χ2v) is 2.90. The van der Waals surface area contributed by atoms with Crippen molar-refractivity contribution in [2.45, 2.75) is 6.42 Å². The summed E-state index contributed by atoms with van der Waals surface area (Å²) >= 11 is 0. The van der Waals surface area contributed by atoms with Crippen LogP contribution >= 0.6 is 0 Å². The first-order valence-corrected chi connectivity index (χ1v) is 4.26. The SMILES string of the molecule is Fc1cccc(C2=CCOCC2)n1. The van der Waals surface area contributed by atoms with Gasteiger partial charge in [-0.1, -0.05) is 12.1 Å². The highest BCUT2D eigenvalue weighted by Crippen LogP contribution is 2.18. The summed E-state index contributed by atoms with van der Waals surface area (Å²) in [5.41, 5.74) is 1.80. The van der Waals surface area contributed by atoms with Gasteiger partial charge in [0.15, 0.2) is 0 Å². The number of rotatable bonds is 1. The topological polar surface area (TPSA) is 22.1 Å². The maximum Gasteiger partial charge on any atom is 0.213 e. The highest BCUT2D eigenvalue weighted by Gasteiger charge is 2.07. The van der Waals surface area contributed by atoms with Gasteiger partial charge < -0.3 is 4.74 Å². The Hall–Kier alpha value is -1.22. The van der Waals surface area contributed by atoms with Crippen LogP contribution in [0, 0.1) is 5.95 Å². The molecule has 0 spiro atoms. The van der Waals surface area contributed by atoms with Crippen molar-refractivity contribution < 1.29 is 9.13 Å². The van der Waals surface area contributed by atoms with Gasteiger partial charge in [-0.25, -0.2) is 4.98 Å². The van der Waals surface area contributed by atoms with Crippen molar-refractivity contribution in [2.24, 2.45) is 0 Å². The van der Waals surface area contributed by atoms with E-state index in [0.717, 1.165) is 17.7 Å². The molecule has 1 aromatic rings. The second kappa shape index (κ2) is 3.66. The molecule has 0 unspecified atom stereocenters. The largest absolute Gasteiger partial charge is 0.377 e. The highest BCUT2D eigenvalue weighted by atomic mass is 19.1. The number of nitrogens with zero attached hydrogens (tertiary/aromatic N) is 1. The Balaban J connectivity index is 2.29. The Bertz CT molecular complexity index is 335. The maximum atomic E-state index is 12.8. The van der Waals surface area contributed by atoms with E-state index in [1.807, 2.05) is 12.1 Å². The molecule has 1 aromatic heterocycles. The molecule has 0 aromatic carbocycles. The summed E-state index contributed by atoms with van der Waals surface area (Å²) in [5.74, 6) is -0.426. The van der Waals surface area contributed by atoms with Gasteiger partial charge in [-0.15, -0.1) is 0 Å². The van der Waals surface area contributed by atoms with Crippen LogP contribution in [0.2, 0.25) is 0 Å².